The Bertz CT molecular complexity index is 339. The number of hydrogen-bond donors (Lipinski definition) is 0. The Morgan fingerprint density at radius 1 is 1.33 bits per heavy atom. The van der Waals surface area contributed by atoms with Gasteiger partial charge >= 0.3 is 0 Å². The maximum absolute atomic E-state index is 11.3. The molecular weight excluding hydrogens is 254 g/mol. The van der Waals surface area contributed by atoms with Crippen molar-refractivity contribution >= 4 is 21.7 Å². The Hall–Kier alpha value is -0.670. The van der Waals surface area contributed by atoms with E-state index in [-0.39, 0.29) is 4.83 Å². The smallest absolute Gasteiger partial charge is 0.149 e. The molecule has 0 saturated carbocycles. The van der Waals surface area contributed by atoms with Crippen LogP contribution in [-0.2, 0) is 11.3 Å². The first-order valence-electron chi connectivity index (χ1n) is 5.19. The van der Waals surface area contributed by atoms with Gasteiger partial charge in [-0.25, -0.2) is 0 Å². The Labute approximate surface area is 98.4 Å². The van der Waals surface area contributed by atoms with Gasteiger partial charge in [0.1, 0.15) is 5.78 Å². The molecule has 1 aliphatic rings. The molecule has 1 atom stereocenters. The van der Waals surface area contributed by atoms with Gasteiger partial charge in [-0.05, 0) is 5.56 Å². The molecule has 1 heterocycles. The van der Waals surface area contributed by atoms with E-state index in [4.69, 9.17) is 0 Å². The van der Waals surface area contributed by atoms with Crippen LogP contribution >= 0.6 is 15.9 Å². The molecule has 1 fully saturated rings. The quantitative estimate of drug-likeness (QED) is 0.766. The second-order valence-electron chi connectivity index (χ2n) is 3.90. The van der Waals surface area contributed by atoms with E-state index in [2.05, 4.69) is 45.1 Å². The van der Waals surface area contributed by atoms with E-state index in [0.29, 0.717) is 12.2 Å². The molecule has 1 aliphatic heterocycles. The number of piperidine rings is 1. The van der Waals surface area contributed by atoms with Crippen molar-refractivity contribution in [3.05, 3.63) is 35.9 Å². The summed E-state index contributed by atoms with van der Waals surface area (Å²) in [5.41, 5.74) is 1.31. The number of alkyl halides is 1. The summed E-state index contributed by atoms with van der Waals surface area (Å²) < 4.78 is 0. The summed E-state index contributed by atoms with van der Waals surface area (Å²) in [6, 6.07) is 10.4. The van der Waals surface area contributed by atoms with Gasteiger partial charge in [0.2, 0.25) is 0 Å². The maximum atomic E-state index is 11.3. The van der Waals surface area contributed by atoms with Gasteiger partial charge in [0, 0.05) is 26.1 Å². The van der Waals surface area contributed by atoms with Crippen molar-refractivity contribution in [2.24, 2.45) is 0 Å². The van der Waals surface area contributed by atoms with Gasteiger partial charge in [0.05, 0.1) is 4.83 Å². The minimum Gasteiger partial charge on any atom is -0.298 e. The van der Waals surface area contributed by atoms with Gasteiger partial charge in [0.25, 0.3) is 0 Å². The van der Waals surface area contributed by atoms with Crippen LogP contribution in [-0.4, -0.2) is 28.6 Å². The predicted molar refractivity (Wildman–Crippen MR) is 64.1 cm³/mol. The Morgan fingerprint density at radius 2 is 2.07 bits per heavy atom. The standard InChI is InChI=1S/C12H14BrNO/c13-11-9-14(7-6-12(11)15)8-10-4-2-1-3-5-10/h1-5,11H,6-9H2/t11-/m0/s1. The third-order valence-electron chi connectivity index (χ3n) is 2.69. The predicted octanol–water partition coefficient (Wildman–Crippen LogP) is 2.22. The summed E-state index contributed by atoms with van der Waals surface area (Å²) in [5, 5.41) is 0. The molecule has 0 amide bonds. The van der Waals surface area contributed by atoms with E-state index in [1.807, 2.05) is 6.07 Å². The van der Waals surface area contributed by atoms with E-state index >= 15 is 0 Å². The molecule has 3 heteroatoms. The fraction of sp³-hybridized carbons (Fsp3) is 0.417. The van der Waals surface area contributed by atoms with Crippen LogP contribution in [0.3, 0.4) is 0 Å². The Kier molecular flexibility index (Phi) is 3.54. The lowest BCUT2D eigenvalue weighted by molar-refractivity contribution is -0.120. The van der Waals surface area contributed by atoms with Crippen molar-refractivity contribution in [3.8, 4) is 0 Å². The van der Waals surface area contributed by atoms with Crippen LogP contribution in [0.4, 0.5) is 0 Å². The molecule has 1 aromatic carbocycles. The summed E-state index contributed by atoms with van der Waals surface area (Å²) >= 11 is 3.42. The van der Waals surface area contributed by atoms with Crippen LogP contribution in [0, 0.1) is 0 Å². The third-order valence-corrected chi connectivity index (χ3v) is 3.49. The topological polar surface area (TPSA) is 20.3 Å². The Morgan fingerprint density at radius 3 is 2.73 bits per heavy atom. The molecule has 15 heavy (non-hydrogen) atoms. The molecule has 0 unspecified atom stereocenters. The average molecular weight is 268 g/mol. The monoisotopic (exact) mass is 267 g/mol. The third kappa shape index (κ3) is 2.89. The van der Waals surface area contributed by atoms with Crippen LogP contribution in [0.2, 0.25) is 0 Å². The molecule has 0 N–H and O–H groups in total. The fourth-order valence-corrected chi connectivity index (χ4v) is 2.47. The highest BCUT2D eigenvalue weighted by Gasteiger charge is 2.24. The van der Waals surface area contributed by atoms with E-state index in [0.717, 1.165) is 19.6 Å². The normalized spacial score (nSPS) is 23.0. The number of benzene rings is 1. The molecule has 2 rings (SSSR count). The largest absolute Gasteiger partial charge is 0.298 e. The first kappa shape index (κ1) is 10.8. The number of ketones is 1. The molecule has 0 aromatic heterocycles. The molecule has 80 valence electrons. The zero-order valence-corrected chi connectivity index (χ0v) is 10.1. The summed E-state index contributed by atoms with van der Waals surface area (Å²) in [4.78, 5) is 13.7. The summed E-state index contributed by atoms with van der Waals surface area (Å²) in [6.45, 7) is 2.65. The van der Waals surface area contributed by atoms with Gasteiger partial charge in [-0.2, -0.15) is 0 Å². The number of Topliss-reactive ketones (excluding diaryl/α,β-unsaturated/α-hetero) is 1. The lowest BCUT2D eigenvalue weighted by Gasteiger charge is -2.28. The summed E-state index contributed by atoms with van der Waals surface area (Å²) in [5.74, 6) is 0.333. The van der Waals surface area contributed by atoms with Crippen LogP contribution in [0.15, 0.2) is 30.3 Å². The van der Waals surface area contributed by atoms with Crippen LogP contribution in [0.25, 0.3) is 0 Å². The Balaban J connectivity index is 1.94. The number of rotatable bonds is 2. The van der Waals surface area contributed by atoms with Crippen molar-refractivity contribution in [2.45, 2.75) is 17.8 Å². The van der Waals surface area contributed by atoms with Crippen molar-refractivity contribution < 1.29 is 4.79 Å². The second kappa shape index (κ2) is 4.90. The number of halogens is 1. The molecule has 0 aliphatic carbocycles. The molecular formula is C12H14BrNO. The van der Waals surface area contributed by atoms with E-state index in [1.54, 1.807) is 0 Å². The average Bonchev–Trinajstić information content (AvgIpc) is 2.25. The number of carbonyl (C=O) groups is 1. The van der Waals surface area contributed by atoms with Crippen molar-refractivity contribution in [2.75, 3.05) is 13.1 Å². The highest BCUT2D eigenvalue weighted by atomic mass is 79.9. The van der Waals surface area contributed by atoms with Crippen LogP contribution in [0.1, 0.15) is 12.0 Å². The molecule has 2 nitrogen and oxygen atoms in total. The molecule has 0 radical (unpaired) electrons. The van der Waals surface area contributed by atoms with Crippen LogP contribution < -0.4 is 0 Å². The lowest BCUT2D eigenvalue weighted by atomic mass is 10.1. The van der Waals surface area contributed by atoms with E-state index in [9.17, 15) is 4.79 Å². The highest BCUT2D eigenvalue weighted by molar-refractivity contribution is 9.10. The maximum Gasteiger partial charge on any atom is 0.149 e. The van der Waals surface area contributed by atoms with E-state index < -0.39 is 0 Å². The minimum atomic E-state index is 0.0231. The van der Waals surface area contributed by atoms with Gasteiger partial charge in [0.15, 0.2) is 0 Å². The van der Waals surface area contributed by atoms with Gasteiger partial charge in [-0.3, -0.25) is 9.69 Å². The van der Waals surface area contributed by atoms with Crippen molar-refractivity contribution in [1.29, 1.82) is 0 Å². The number of likely N-dealkylation sites (tertiary alicyclic amines) is 1. The van der Waals surface area contributed by atoms with Crippen molar-refractivity contribution in [3.63, 3.8) is 0 Å². The molecule has 1 aromatic rings. The van der Waals surface area contributed by atoms with E-state index in [1.165, 1.54) is 5.56 Å². The molecule has 0 bridgehead atoms. The second-order valence-corrected chi connectivity index (χ2v) is 5.01. The van der Waals surface area contributed by atoms with Crippen LogP contribution in [0.5, 0.6) is 0 Å². The van der Waals surface area contributed by atoms with Gasteiger partial charge in [-0.15, -0.1) is 0 Å². The zero-order valence-electron chi connectivity index (χ0n) is 8.53. The zero-order chi connectivity index (χ0) is 10.7. The van der Waals surface area contributed by atoms with Gasteiger partial charge < -0.3 is 0 Å². The first-order valence-corrected chi connectivity index (χ1v) is 6.10. The summed E-state index contributed by atoms with van der Waals surface area (Å²) in [7, 11) is 0. The SMILES string of the molecule is O=C1CCN(Cc2ccccc2)C[C@@H]1Br. The minimum absolute atomic E-state index is 0.0231. The number of hydrogen-bond acceptors (Lipinski definition) is 2. The van der Waals surface area contributed by atoms with Gasteiger partial charge in [-0.1, -0.05) is 46.3 Å². The number of nitrogens with zero attached hydrogens (tertiary/aromatic N) is 1. The lowest BCUT2D eigenvalue weighted by Crippen LogP contribution is -2.40. The fourth-order valence-electron chi connectivity index (χ4n) is 1.83. The number of carbonyl (C=O) groups excluding carboxylic acids is 1. The highest BCUT2D eigenvalue weighted by Crippen LogP contribution is 2.16. The summed E-state index contributed by atoms with van der Waals surface area (Å²) in [6.07, 6.45) is 0.669. The molecule has 1 saturated heterocycles. The molecule has 0 spiro atoms. The first-order chi connectivity index (χ1) is 7.25. The van der Waals surface area contributed by atoms with Crippen molar-refractivity contribution in [1.82, 2.24) is 4.90 Å².